The largest absolute Gasteiger partial charge is 0.489 e. The minimum atomic E-state index is -0.677. The molecule has 412 valence electrons. The lowest BCUT2D eigenvalue weighted by molar-refractivity contribution is -0.121. The third-order valence-corrected chi connectivity index (χ3v) is 12.2. The number of carbonyl (C=O) groups excluding carboxylic acids is 7. The molecule has 78 heavy (non-hydrogen) atoms. The van der Waals surface area contributed by atoms with Crippen molar-refractivity contribution in [2.75, 3.05) is 17.2 Å². The van der Waals surface area contributed by atoms with Crippen molar-refractivity contribution in [3.63, 3.8) is 0 Å². The van der Waals surface area contributed by atoms with E-state index in [4.69, 9.17) is 28.4 Å². The molecule has 17 heteroatoms. The van der Waals surface area contributed by atoms with Crippen LogP contribution in [0.5, 0.6) is 5.75 Å². The van der Waals surface area contributed by atoms with Crippen LogP contribution in [0.4, 0.5) is 21.0 Å². The quantitative estimate of drug-likeness (QED) is 0.0365. The Kier molecular flexibility index (Phi) is 21.1. The Balaban J connectivity index is 0.000000253. The van der Waals surface area contributed by atoms with Crippen molar-refractivity contribution in [1.29, 1.82) is 0 Å². The highest BCUT2D eigenvalue weighted by molar-refractivity contribution is 6.00. The zero-order chi connectivity index (χ0) is 56.2. The summed E-state index contributed by atoms with van der Waals surface area (Å²) in [7, 11) is 0. The van der Waals surface area contributed by atoms with E-state index in [9.17, 15) is 33.6 Å². The lowest BCUT2D eigenvalue weighted by Gasteiger charge is -2.24. The second kappa shape index (κ2) is 28.1. The van der Waals surface area contributed by atoms with Crippen LogP contribution < -0.4 is 26.0 Å². The van der Waals surface area contributed by atoms with E-state index in [1.165, 1.54) is 24.3 Å². The predicted molar refractivity (Wildman–Crippen MR) is 294 cm³/mol. The van der Waals surface area contributed by atoms with Gasteiger partial charge in [0.15, 0.2) is 0 Å². The monoisotopic (exact) mass is 1070 g/mol. The van der Waals surface area contributed by atoms with Gasteiger partial charge in [0, 0.05) is 29.5 Å². The van der Waals surface area contributed by atoms with Gasteiger partial charge in [-0.3, -0.25) is 9.59 Å². The Hall–Kier alpha value is -8.47. The molecule has 2 saturated carbocycles. The number of hydrogen-bond acceptors (Lipinski definition) is 13. The molecule has 4 atom stereocenters. The highest BCUT2D eigenvalue weighted by Gasteiger charge is 2.37. The summed E-state index contributed by atoms with van der Waals surface area (Å²) in [5, 5.41) is 11.3. The summed E-state index contributed by atoms with van der Waals surface area (Å²) in [4.78, 5) is 89.4. The number of hydrogen-bond donors (Lipinski definition) is 4. The van der Waals surface area contributed by atoms with Crippen molar-refractivity contribution < 1.29 is 62.0 Å². The average molecular weight is 1070 g/mol. The topological polar surface area (TPSA) is 223 Å². The van der Waals surface area contributed by atoms with Crippen LogP contribution in [0, 0.1) is 11.8 Å². The van der Waals surface area contributed by atoms with E-state index in [1.54, 1.807) is 59.7 Å². The predicted octanol–water partition coefficient (Wildman–Crippen LogP) is 11.3. The van der Waals surface area contributed by atoms with Gasteiger partial charge in [-0.15, -0.1) is 0 Å². The fraction of sp³-hybridized carbons (Fsp3) is 0.361. The SMILES string of the molecule is C=CCOC(=O)c1cc(NC(=O)C2CCCC2NC(=O)OC(C)(C)C)cc(C(=O)OCc2ccccc2)c1.CC(C)(C)OC(=O)NC1CCCC1C(=O)Nc1cc(OCc2ccccc2)cc(C(=O)OCc2ccccc2)c1. The summed E-state index contributed by atoms with van der Waals surface area (Å²) in [6, 6.07) is 36.6. The van der Waals surface area contributed by atoms with Gasteiger partial charge in [-0.25, -0.2) is 24.0 Å². The highest BCUT2D eigenvalue weighted by atomic mass is 16.6. The molecule has 2 fully saturated rings. The first-order valence-corrected chi connectivity index (χ1v) is 26.0. The summed E-state index contributed by atoms with van der Waals surface area (Å²) in [6.07, 6.45) is 4.35. The smallest absolute Gasteiger partial charge is 0.407 e. The zero-order valence-electron chi connectivity index (χ0n) is 45.1. The fourth-order valence-corrected chi connectivity index (χ4v) is 8.66. The van der Waals surface area contributed by atoms with E-state index in [0.717, 1.165) is 29.5 Å². The third-order valence-electron chi connectivity index (χ3n) is 12.2. The van der Waals surface area contributed by atoms with Crippen LogP contribution >= 0.6 is 0 Å². The van der Waals surface area contributed by atoms with Crippen LogP contribution in [-0.2, 0) is 53.1 Å². The number of amides is 4. The van der Waals surface area contributed by atoms with Crippen molar-refractivity contribution in [3.05, 3.63) is 173 Å². The van der Waals surface area contributed by atoms with Gasteiger partial charge >= 0.3 is 30.1 Å². The van der Waals surface area contributed by atoms with E-state index in [1.807, 2.05) is 91.0 Å². The molecule has 0 heterocycles. The first-order chi connectivity index (χ1) is 37.2. The molecule has 5 aromatic rings. The highest BCUT2D eigenvalue weighted by Crippen LogP contribution is 2.31. The Labute approximate surface area is 455 Å². The molecule has 2 aliphatic carbocycles. The third kappa shape index (κ3) is 19.3. The number of anilines is 2. The summed E-state index contributed by atoms with van der Waals surface area (Å²) in [6.45, 7) is 14.6. The maximum atomic E-state index is 13.3. The van der Waals surface area contributed by atoms with Gasteiger partial charge in [0.25, 0.3) is 0 Å². The number of carbonyl (C=O) groups is 7. The molecule has 0 spiro atoms. The molecule has 0 radical (unpaired) electrons. The van der Waals surface area contributed by atoms with Gasteiger partial charge in [0.2, 0.25) is 11.8 Å². The maximum Gasteiger partial charge on any atom is 0.407 e. The molecular formula is C61H70N4O13. The van der Waals surface area contributed by atoms with Crippen LogP contribution in [0.3, 0.4) is 0 Å². The van der Waals surface area contributed by atoms with E-state index in [0.29, 0.717) is 43.7 Å². The van der Waals surface area contributed by atoms with E-state index in [2.05, 4.69) is 27.8 Å². The first-order valence-electron chi connectivity index (χ1n) is 26.0. The maximum absolute atomic E-state index is 13.3. The minimum absolute atomic E-state index is 0.0106. The Morgan fingerprint density at radius 3 is 1.29 bits per heavy atom. The molecule has 5 aromatic carbocycles. The summed E-state index contributed by atoms with van der Waals surface area (Å²) in [5.74, 6) is -2.98. The molecule has 0 aromatic heterocycles. The molecule has 7 rings (SSSR count). The number of nitrogens with one attached hydrogen (secondary N) is 4. The fourth-order valence-electron chi connectivity index (χ4n) is 8.66. The Morgan fingerprint density at radius 1 is 0.500 bits per heavy atom. The standard InChI is InChI=1S/C32H36N2O6.C29H34N2O7/c1-32(2,3)40-31(37)34-28-16-10-15-27(28)29(35)33-25-17-24(30(36)39-21-23-13-8-5-9-14-23)18-26(19-25)38-20-22-11-6-4-7-12-22;1-5-14-36-26(33)20-15-21(27(34)37-18-19-10-7-6-8-11-19)17-22(16-20)30-25(32)23-12-9-13-24(23)31-28(35)38-29(2,3)4/h4-9,11-14,17-19,27-28H,10,15-16,20-21H2,1-3H3,(H,33,35)(H,34,37);5-8,10-11,15-17,23-24H,1,9,12-14,18H2,2-4H3,(H,30,32)(H,31,35). The number of esters is 3. The van der Waals surface area contributed by atoms with Crippen molar-refractivity contribution in [2.24, 2.45) is 11.8 Å². The zero-order valence-corrected chi connectivity index (χ0v) is 45.1. The lowest BCUT2D eigenvalue weighted by Crippen LogP contribution is -2.44. The summed E-state index contributed by atoms with van der Waals surface area (Å²) < 4.78 is 32.7. The van der Waals surface area contributed by atoms with E-state index in [-0.39, 0.29) is 60.1 Å². The number of benzene rings is 5. The van der Waals surface area contributed by atoms with Gasteiger partial charge in [0.05, 0.1) is 28.5 Å². The van der Waals surface area contributed by atoms with Gasteiger partial charge in [-0.2, -0.15) is 0 Å². The summed E-state index contributed by atoms with van der Waals surface area (Å²) in [5.41, 5.74) is 2.40. The molecule has 0 bridgehead atoms. The number of ether oxygens (including phenoxy) is 6. The molecule has 0 saturated heterocycles. The lowest BCUT2D eigenvalue weighted by atomic mass is 10.0. The molecule has 17 nitrogen and oxygen atoms in total. The summed E-state index contributed by atoms with van der Waals surface area (Å²) >= 11 is 0. The van der Waals surface area contributed by atoms with Gasteiger partial charge in [-0.05, 0) is 114 Å². The van der Waals surface area contributed by atoms with Crippen LogP contribution in [0.15, 0.2) is 140 Å². The number of alkyl carbamates (subject to hydrolysis) is 2. The first kappa shape index (κ1) is 58.8. The van der Waals surface area contributed by atoms with Crippen LogP contribution in [0.2, 0.25) is 0 Å². The van der Waals surface area contributed by atoms with Gasteiger partial charge in [-0.1, -0.05) is 116 Å². The molecular weight excluding hydrogens is 997 g/mol. The van der Waals surface area contributed by atoms with Crippen LogP contribution in [-0.4, -0.2) is 71.8 Å². The normalized spacial score (nSPS) is 16.6. The van der Waals surface area contributed by atoms with Crippen molar-refractivity contribution in [2.45, 2.75) is 123 Å². The van der Waals surface area contributed by atoms with Gasteiger partial charge < -0.3 is 49.7 Å². The second-order valence-corrected chi connectivity index (χ2v) is 20.9. The minimum Gasteiger partial charge on any atom is -0.489 e. The number of rotatable bonds is 18. The van der Waals surface area contributed by atoms with Crippen LogP contribution in [0.1, 0.15) is 128 Å². The average Bonchev–Trinajstić information content (AvgIpc) is 4.09. The Morgan fingerprint density at radius 2 is 0.885 bits per heavy atom. The Bertz CT molecular complexity index is 2860. The van der Waals surface area contributed by atoms with Crippen molar-refractivity contribution >= 4 is 53.3 Å². The second-order valence-electron chi connectivity index (χ2n) is 20.9. The molecule has 4 unspecified atom stereocenters. The van der Waals surface area contributed by atoms with Crippen molar-refractivity contribution in [1.82, 2.24) is 10.6 Å². The molecule has 4 amide bonds. The van der Waals surface area contributed by atoms with Crippen molar-refractivity contribution in [3.8, 4) is 5.75 Å². The molecule has 2 aliphatic rings. The molecule has 0 aliphatic heterocycles. The van der Waals surface area contributed by atoms with Crippen LogP contribution in [0.25, 0.3) is 0 Å². The molecule has 4 N–H and O–H groups in total. The van der Waals surface area contributed by atoms with Gasteiger partial charge in [0.1, 0.15) is 43.4 Å². The van der Waals surface area contributed by atoms with E-state index >= 15 is 0 Å². The van der Waals surface area contributed by atoms with E-state index < -0.39 is 59.2 Å².